The van der Waals surface area contributed by atoms with Crippen LogP contribution in [-0.2, 0) is 16.0 Å². The summed E-state index contributed by atoms with van der Waals surface area (Å²) in [7, 11) is 4.75. The first-order valence-corrected chi connectivity index (χ1v) is 8.07. The first kappa shape index (κ1) is 17.5. The molecule has 0 N–H and O–H groups in total. The van der Waals surface area contributed by atoms with Gasteiger partial charge >= 0.3 is 0 Å². The molecule has 2 aromatic rings. The van der Waals surface area contributed by atoms with Crippen molar-refractivity contribution in [3.63, 3.8) is 0 Å². The van der Waals surface area contributed by atoms with Crippen LogP contribution in [0.5, 0.6) is 17.2 Å². The number of aromatic nitrogens is 3. The first-order chi connectivity index (χ1) is 12.2. The lowest BCUT2D eigenvalue weighted by Gasteiger charge is -2.23. The number of benzene rings is 1. The number of rotatable bonds is 6. The smallest absolute Gasteiger partial charge is 0.203 e. The van der Waals surface area contributed by atoms with E-state index in [0.717, 1.165) is 5.56 Å². The second kappa shape index (κ2) is 7.71. The van der Waals surface area contributed by atoms with Crippen molar-refractivity contribution in [2.24, 2.45) is 0 Å². The van der Waals surface area contributed by atoms with Crippen molar-refractivity contribution in [1.82, 2.24) is 14.8 Å². The van der Waals surface area contributed by atoms with Gasteiger partial charge in [0.05, 0.1) is 47.7 Å². The van der Waals surface area contributed by atoms with Crippen LogP contribution < -0.4 is 14.2 Å². The third-order valence-corrected chi connectivity index (χ3v) is 3.96. The molecule has 1 atom stereocenters. The molecular formula is C17H23N3O5. The maximum atomic E-state index is 5.73. The fraction of sp³-hybridized carbons (Fsp3) is 0.529. The molecule has 1 saturated heterocycles. The lowest BCUT2D eigenvalue weighted by molar-refractivity contribution is -0.0945. The van der Waals surface area contributed by atoms with Gasteiger partial charge < -0.3 is 23.7 Å². The Hall–Kier alpha value is -2.32. The summed E-state index contributed by atoms with van der Waals surface area (Å²) in [6, 6.07) is 3.72. The summed E-state index contributed by atoms with van der Waals surface area (Å²) in [4.78, 5) is 4.56. The van der Waals surface area contributed by atoms with Crippen molar-refractivity contribution in [1.29, 1.82) is 0 Å². The van der Waals surface area contributed by atoms with E-state index in [1.54, 1.807) is 21.3 Å². The summed E-state index contributed by atoms with van der Waals surface area (Å²) >= 11 is 0. The van der Waals surface area contributed by atoms with Gasteiger partial charge in [-0.3, -0.25) is 0 Å². The molecule has 8 nitrogen and oxygen atoms in total. The van der Waals surface area contributed by atoms with Crippen LogP contribution in [0.3, 0.4) is 0 Å². The third-order valence-electron chi connectivity index (χ3n) is 3.96. The summed E-state index contributed by atoms with van der Waals surface area (Å²) in [5.41, 5.74) is 0.826. The molecule has 8 heteroatoms. The van der Waals surface area contributed by atoms with Crippen LogP contribution in [0.25, 0.3) is 11.4 Å². The summed E-state index contributed by atoms with van der Waals surface area (Å²) in [6.07, 6.45) is -0.0457. The molecule has 1 aromatic carbocycles. The number of ether oxygens (including phenoxy) is 5. The minimum Gasteiger partial charge on any atom is -0.493 e. The van der Waals surface area contributed by atoms with E-state index >= 15 is 0 Å². The molecule has 1 fully saturated rings. The SMILES string of the molecule is COc1cc(-c2nc(C)nn2C[C@H]2COCCO2)cc(OC)c1OC. The third kappa shape index (κ3) is 3.69. The predicted molar refractivity (Wildman–Crippen MR) is 90.4 cm³/mol. The summed E-state index contributed by atoms with van der Waals surface area (Å²) < 4.78 is 29.3. The molecule has 0 unspecified atom stereocenters. The average molecular weight is 349 g/mol. The highest BCUT2D eigenvalue weighted by Crippen LogP contribution is 2.40. The molecule has 25 heavy (non-hydrogen) atoms. The van der Waals surface area contributed by atoms with E-state index in [2.05, 4.69) is 10.1 Å². The maximum Gasteiger partial charge on any atom is 0.203 e. The molecule has 0 radical (unpaired) electrons. The van der Waals surface area contributed by atoms with Crippen molar-refractivity contribution in [2.45, 2.75) is 19.6 Å². The molecule has 0 aliphatic carbocycles. The Labute approximate surface area is 146 Å². The monoisotopic (exact) mass is 349 g/mol. The Morgan fingerprint density at radius 3 is 2.40 bits per heavy atom. The van der Waals surface area contributed by atoms with Gasteiger partial charge in [-0.2, -0.15) is 5.10 Å². The van der Waals surface area contributed by atoms with Gasteiger partial charge in [-0.25, -0.2) is 9.67 Å². The maximum absolute atomic E-state index is 5.73. The minimum atomic E-state index is -0.0457. The van der Waals surface area contributed by atoms with Gasteiger partial charge in [0.1, 0.15) is 11.9 Å². The number of hydrogen-bond acceptors (Lipinski definition) is 7. The van der Waals surface area contributed by atoms with E-state index in [0.29, 0.717) is 55.3 Å². The van der Waals surface area contributed by atoms with Gasteiger partial charge in [-0.1, -0.05) is 0 Å². The largest absolute Gasteiger partial charge is 0.493 e. The molecule has 3 rings (SSSR count). The van der Waals surface area contributed by atoms with Crippen molar-refractivity contribution in [3.05, 3.63) is 18.0 Å². The van der Waals surface area contributed by atoms with Crippen molar-refractivity contribution in [3.8, 4) is 28.6 Å². The molecule has 0 saturated carbocycles. The van der Waals surface area contributed by atoms with E-state index in [-0.39, 0.29) is 6.10 Å². The molecular weight excluding hydrogens is 326 g/mol. The fourth-order valence-corrected chi connectivity index (χ4v) is 2.84. The van der Waals surface area contributed by atoms with Gasteiger partial charge in [0, 0.05) is 5.56 Å². The van der Waals surface area contributed by atoms with E-state index < -0.39 is 0 Å². The zero-order valence-electron chi connectivity index (χ0n) is 14.9. The topological polar surface area (TPSA) is 76.9 Å². The molecule has 0 spiro atoms. The highest BCUT2D eigenvalue weighted by molar-refractivity contribution is 5.66. The summed E-state index contributed by atoms with van der Waals surface area (Å²) in [5, 5.41) is 4.49. The zero-order chi connectivity index (χ0) is 17.8. The Morgan fingerprint density at radius 1 is 1.12 bits per heavy atom. The summed E-state index contributed by atoms with van der Waals surface area (Å²) in [5.74, 6) is 3.08. The number of nitrogens with zero attached hydrogens (tertiary/aromatic N) is 3. The van der Waals surface area contributed by atoms with Crippen molar-refractivity contribution in [2.75, 3.05) is 41.2 Å². The standard InChI is InChI=1S/C17H23N3O5/c1-11-18-17(20(19-11)9-13-10-24-5-6-25-13)12-7-14(21-2)16(23-4)15(8-12)22-3/h7-8,13H,5-6,9-10H2,1-4H3/t13-/m0/s1. The Morgan fingerprint density at radius 2 is 1.84 bits per heavy atom. The van der Waals surface area contributed by atoms with Crippen LogP contribution >= 0.6 is 0 Å². The lowest BCUT2D eigenvalue weighted by Crippen LogP contribution is -2.32. The molecule has 1 aliphatic rings. The van der Waals surface area contributed by atoms with Gasteiger partial charge in [0.25, 0.3) is 0 Å². The minimum absolute atomic E-state index is 0.0457. The van der Waals surface area contributed by atoms with Crippen LogP contribution in [0.15, 0.2) is 12.1 Å². The fourth-order valence-electron chi connectivity index (χ4n) is 2.84. The molecule has 0 bridgehead atoms. The van der Waals surface area contributed by atoms with Crippen LogP contribution in [0.1, 0.15) is 5.82 Å². The van der Waals surface area contributed by atoms with E-state index in [9.17, 15) is 0 Å². The van der Waals surface area contributed by atoms with E-state index in [1.807, 2.05) is 23.7 Å². The molecule has 1 aromatic heterocycles. The molecule has 1 aliphatic heterocycles. The molecule has 136 valence electrons. The molecule has 2 heterocycles. The second-order valence-corrected chi connectivity index (χ2v) is 5.65. The second-order valence-electron chi connectivity index (χ2n) is 5.65. The van der Waals surface area contributed by atoms with Gasteiger partial charge in [-0.05, 0) is 19.1 Å². The predicted octanol–water partition coefficient (Wildman–Crippen LogP) is 1.69. The Bertz CT molecular complexity index is 700. The van der Waals surface area contributed by atoms with Crippen molar-refractivity contribution < 1.29 is 23.7 Å². The van der Waals surface area contributed by atoms with Gasteiger partial charge in [0.15, 0.2) is 17.3 Å². The van der Waals surface area contributed by atoms with Crippen LogP contribution in [0, 0.1) is 6.92 Å². The van der Waals surface area contributed by atoms with Gasteiger partial charge in [-0.15, -0.1) is 0 Å². The quantitative estimate of drug-likeness (QED) is 0.785. The Kier molecular flexibility index (Phi) is 5.40. The highest BCUT2D eigenvalue weighted by atomic mass is 16.6. The number of hydrogen-bond donors (Lipinski definition) is 0. The number of methoxy groups -OCH3 is 3. The lowest BCUT2D eigenvalue weighted by atomic mass is 10.1. The molecule has 0 amide bonds. The van der Waals surface area contributed by atoms with E-state index in [1.165, 1.54) is 0 Å². The van der Waals surface area contributed by atoms with Crippen LogP contribution in [0.2, 0.25) is 0 Å². The van der Waals surface area contributed by atoms with Crippen molar-refractivity contribution >= 4 is 0 Å². The van der Waals surface area contributed by atoms with E-state index in [4.69, 9.17) is 23.7 Å². The van der Waals surface area contributed by atoms with Crippen LogP contribution in [0.4, 0.5) is 0 Å². The first-order valence-electron chi connectivity index (χ1n) is 8.07. The summed E-state index contributed by atoms with van der Waals surface area (Å²) in [6.45, 7) is 4.20. The normalized spacial score (nSPS) is 17.4. The zero-order valence-corrected chi connectivity index (χ0v) is 14.9. The average Bonchev–Trinajstić information content (AvgIpc) is 3.01. The van der Waals surface area contributed by atoms with Crippen LogP contribution in [-0.4, -0.2) is 62.0 Å². The van der Waals surface area contributed by atoms with Gasteiger partial charge in [0.2, 0.25) is 5.75 Å². The highest BCUT2D eigenvalue weighted by Gasteiger charge is 2.21. The number of aryl methyl sites for hydroxylation is 1. The Balaban J connectivity index is 1.98.